The van der Waals surface area contributed by atoms with Crippen LogP contribution < -0.4 is 10.7 Å². The van der Waals surface area contributed by atoms with E-state index in [1.807, 2.05) is 0 Å². The number of carbonyl (C=O) groups is 1. The van der Waals surface area contributed by atoms with E-state index in [1.54, 1.807) is 19.1 Å². The first-order valence-electron chi connectivity index (χ1n) is 7.24. The Balaban J connectivity index is 2.12. The van der Waals surface area contributed by atoms with E-state index in [1.165, 1.54) is 30.5 Å². The Morgan fingerprint density at radius 1 is 1.33 bits per heavy atom. The van der Waals surface area contributed by atoms with Gasteiger partial charge in [0.05, 0.1) is 12.3 Å². The Bertz CT molecular complexity index is 965. The lowest BCUT2D eigenvalue weighted by Crippen LogP contribution is -2.14. The molecule has 0 aliphatic rings. The molecule has 122 valence electrons. The van der Waals surface area contributed by atoms with Crippen LogP contribution in [-0.4, -0.2) is 22.8 Å². The van der Waals surface area contributed by atoms with Gasteiger partial charge in [0, 0.05) is 23.9 Å². The molecule has 0 radical (unpaired) electrons. The molecule has 7 heteroatoms. The molecule has 2 heterocycles. The molecule has 0 atom stereocenters. The van der Waals surface area contributed by atoms with Crippen molar-refractivity contribution in [1.29, 1.82) is 0 Å². The molecule has 0 fully saturated rings. The zero-order valence-corrected chi connectivity index (χ0v) is 12.8. The summed E-state index contributed by atoms with van der Waals surface area (Å²) < 4.78 is 10.6. The number of nitrogens with one attached hydrogen (secondary N) is 1. The first kappa shape index (κ1) is 15.5. The molecule has 0 aliphatic carbocycles. The van der Waals surface area contributed by atoms with Crippen molar-refractivity contribution in [2.45, 2.75) is 6.92 Å². The third-order valence-corrected chi connectivity index (χ3v) is 3.27. The molecule has 0 spiro atoms. The molecule has 1 aromatic carbocycles. The predicted octanol–water partition coefficient (Wildman–Crippen LogP) is 3.13. The molecule has 3 aromatic rings. The minimum absolute atomic E-state index is 0.0460. The van der Waals surface area contributed by atoms with E-state index in [9.17, 15) is 14.7 Å². The number of carbonyl (C=O) groups excluding carboxylic acids is 1. The van der Waals surface area contributed by atoms with E-state index in [0.717, 1.165) is 0 Å². The minimum atomic E-state index is -0.672. The summed E-state index contributed by atoms with van der Waals surface area (Å²) in [6.45, 7) is 1.88. The van der Waals surface area contributed by atoms with Crippen molar-refractivity contribution in [2.24, 2.45) is 0 Å². The van der Waals surface area contributed by atoms with E-state index in [2.05, 4.69) is 10.3 Å². The standard InChI is InChI=1S/C17H14N2O5/c1-2-23-17(22)19-12-8-10(20)5-6-11(12)15-9-13(21)16-14(24-15)4-3-7-18-16/h3-9,20H,2H2,1H3,(H,19,22). The average molecular weight is 326 g/mol. The van der Waals surface area contributed by atoms with Gasteiger partial charge < -0.3 is 14.3 Å². The van der Waals surface area contributed by atoms with Crippen molar-refractivity contribution in [3.8, 4) is 17.1 Å². The second kappa shape index (κ2) is 6.41. The third-order valence-electron chi connectivity index (χ3n) is 3.27. The van der Waals surface area contributed by atoms with E-state index in [4.69, 9.17) is 9.15 Å². The summed E-state index contributed by atoms with van der Waals surface area (Å²) >= 11 is 0. The smallest absolute Gasteiger partial charge is 0.411 e. The van der Waals surface area contributed by atoms with Crippen LogP contribution in [0, 0.1) is 0 Å². The maximum absolute atomic E-state index is 12.2. The maximum Gasteiger partial charge on any atom is 0.411 e. The molecule has 1 amide bonds. The predicted molar refractivity (Wildman–Crippen MR) is 88.0 cm³/mol. The lowest BCUT2D eigenvalue weighted by atomic mass is 10.1. The van der Waals surface area contributed by atoms with Crippen LogP contribution in [0.4, 0.5) is 10.5 Å². The summed E-state index contributed by atoms with van der Waals surface area (Å²) in [6, 6.07) is 8.89. The van der Waals surface area contributed by atoms with Crippen LogP contribution in [0.5, 0.6) is 5.75 Å². The van der Waals surface area contributed by atoms with Crippen LogP contribution in [-0.2, 0) is 4.74 Å². The molecular formula is C17H14N2O5. The Morgan fingerprint density at radius 3 is 2.96 bits per heavy atom. The zero-order valence-electron chi connectivity index (χ0n) is 12.8. The van der Waals surface area contributed by atoms with Crippen LogP contribution in [0.15, 0.2) is 51.8 Å². The normalized spacial score (nSPS) is 10.5. The Hall–Kier alpha value is -3.35. The van der Waals surface area contributed by atoms with Gasteiger partial charge in [0.1, 0.15) is 11.5 Å². The summed E-state index contributed by atoms with van der Waals surface area (Å²) in [4.78, 5) is 27.8. The van der Waals surface area contributed by atoms with Crippen molar-refractivity contribution in [3.63, 3.8) is 0 Å². The average Bonchev–Trinajstić information content (AvgIpc) is 2.55. The van der Waals surface area contributed by atoms with Crippen molar-refractivity contribution in [2.75, 3.05) is 11.9 Å². The number of rotatable bonds is 3. The lowest BCUT2D eigenvalue weighted by molar-refractivity contribution is 0.168. The van der Waals surface area contributed by atoms with Gasteiger partial charge in [-0.2, -0.15) is 0 Å². The van der Waals surface area contributed by atoms with Gasteiger partial charge in [-0.1, -0.05) is 0 Å². The highest BCUT2D eigenvalue weighted by Gasteiger charge is 2.14. The first-order valence-corrected chi connectivity index (χ1v) is 7.24. The molecule has 0 bridgehead atoms. The fourth-order valence-corrected chi connectivity index (χ4v) is 2.25. The van der Waals surface area contributed by atoms with Gasteiger partial charge in [-0.15, -0.1) is 0 Å². The SMILES string of the molecule is CCOC(=O)Nc1cc(O)ccc1-c1cc(=O)c2ncccc2o1. The number of nitrogens with zero attached hydrogens (tertiary/aromatic N) is 1. The van der Waals surface area contributed by atoms with E-state index >= 15 is 0 Å². The highest BCUT2D eigenvalue weighted by atomic mass is 16.5. The van der Waals surface area contributed by atoms with Crippen molar-refractivity contribution < 1.29 is 19.1 Å². The molecule has 0 saturated heterocycles. The number of aromatic hydroxyl groups is 1. The second-order valence-corrected chi connectivity index (χ2v) is 4.90. The number of hydrogen-bond acceptors (Lipinski definition) is 6. The number of phenolic OH excluding ortho intramolecular Hbond substituents is 1. The summed E-state index contributed by atoms with van der Waals surface area (Å²) in [5.74, 6) is 0.197. The largest absolute Gasteiger partial charge is 0.508 e. The molecule has 7 nitrogen and oxygen atoms in total. The molecule has 3 rings (SSSR count). The van der Waals surface area contributed by atoms with Gasteiger partial charge in [0.2, 0.25) is 5.43 Å². The minimum Gasteiger partial charge on any atom is -0.508 e. The zero-order chi connectivity index (χ0) is 17.1. The monoisotopic (exact) mass is 326 g/mol. The number of phenols is 1. The Labute approximate surface area is 136 Å². The van der Waals surface area contributed by atoms with E-state index in [-0.39, 0.29) is 34.7 Å². The van der Waals surface area contributed by atoms with E-state index in [0.29, 0.717) is 11.1 Å². The first-order chi connectivity index (χ1) is 11.6. The number of benzene rings is 1. The van der Waals surface area contributed by atoms with Gasteiger partial charge in [-0.25, -0.2) is 9.78 Å². The fraction of sp³-hybridized carbons (Fsp3) is 0.118. The summed E-state index contributed by atoms with van der Waals surface area (Å²) in [6.07, 6.45) is 0.835. The molecule has 0 saturated carbocycles. The van der Waals surface area contributed by atoms with Crippen LogP contribution in [0.25, 0.3) is 22.4 Å². The van der Waals surface area contributed by atoms with Gasteiger partial charge in [0.15, 0.2) is 11.1 Å². The van der Waals surface area contributed by atoms with Gasteiger partial charge in [-0.05, 0) is 31.2 Å². The molecule has 0 unspecified atom stereocenters. The number of fused-ring (bicyclic) bond motifs is 1. The topological polar surface area (TPSA) is 102 Å². The fourth-order valence-electron chi connectivity index (χ4n) is 2.25. The van der Waals surface area contributed by atoms with Crippen molar-refractivity contribution in [3.05, 3.63) is 52.8 Å². The van der Waals surface area contributed by atoms with Gasteiger partial charge in [-0.3, -0.25) is 10.1 Å². The Morgan fingerprint density at radius 2 is 2.17 bits per heavy atom. The molecule has 2 N–H and O–H groups in total. The van der Waals surface area contributed by atoms with Crippen molar-refractivity contribution in [1.82, 2.24) is 4.98 Å². The van der Waals surface area contributed by atoms with Gasteiger partial charge in [0.25, 0.3) is 0 Å². The summed E-state index contributed by atoms with van der Waals surface area (Å²) in [7, 11) is 0. The Kier molecular flexibility index (Phi) is 4.15. The summed E-state index contributed by atoms with van der Waals surface area (Å²) in [5.41, 5.74) is 0.945. The lowest BCUT2D eigenvalue weighted by Gasteiger charge is -2.11. The number of pyridine rings is 1. The molecule has 2 aromatic heterocycles. The molecule has 0 aliphatic heterocycles. The van der Waals surface area contributed by atoms with Crippen LogP contribution in [0.3, 0.4) is 0 Å². The van der Waals surface area contributed by atoms with Gasteiger partial charge >= 0.3 is 6.09 Å². The maximum atomic E-state index is 12.2. The quantitative estimate of drug-likeness (QED) is 0.766. The van der Waals surface area contributed by atoms with Crippen LogP contribution in [0.1, 0.15) is 6.92 Å². The molecule has 24 heavy (non-hydrogen) atoms. The number of ether oxygens (including phenoxy) is 1. The molecular weight excluding hydrogens is 312 g/mol. The second-order valence-electron chi connectivity index (χ2n) is 4.90. The number of aromatic nitrogens is 1. The van der Waals surface area contributed by atoms with E-state index < -0.39 is 6.09 Å². The summed E-state index contributed by atoms with van der Waals surface area (Å²) in [5, 5.41) is 12.2. The third kappa shape index (κ3) is 3.05. The number of hydrogen-bond donors (Lipinski definition) is 2. The highest BCUT2D eigenvalue weighted by Crippen LogP contribution is 2.31. The van der Waals surface area contributed by atoms with Crippen LogP contribution >= 0.6 is 0 Å². The highest BCUT2D eigenvalue weighted by molar-refractivity contribution is 5.91. The number of anilines is 1. The van der Waals surface area contributed by atoms with Crippen molar-refractivity contribution >= 4 is 22.9 Å². The number of amides is 1. The van der Waals surface area contributed by atoms with Crippen LogP contribution in [0.2, 0.25) is 0 Å².